The van der Waals surface area contributed by atoms with Gasteiger partial charge < -0.3 is 14.8 Å². The summed E-state index contributed by atoms with van der Waals surface area (Å²) in [5.41, 5.74) is 0. The molecule has 16 heavy (non-hydrogen) atoms. The Morgan fingerprint density at radius 3 is 2.50 bits per heavy atom. The van der Waals surface area contributed by atoms with Crippen molar-refractivity contribution < 1.29 is 14.3 Å². The van der Waals surface area contributed by atoms with Crippen LogP contribution in [0, 0.1) is 0 Å². The van der Waals surface area contributed by atoms with Crippen LogP contribution < -0.4 is 5.32 Å². The SMILES string of the molecule is CCC(CC)OC(=O)OCN1CCNCC1. The molecule has 0 aliphatic carbocycles. The van der Waals surface area contributed by atoms with Crippen molar-refractivity contribution in [3.63, 3.8) is 0 Å². The van der Waals surface area contributed by atoms with Gasteiger partial charge in [0, 0.05) is 26.2 Å². The van der Waals surface area contributed by atoms with Gasteiger partial charge in [-0.25, -0.2) is 4.79 Å². The molecule has 5 heteroatoms. The standard InChI is InChI=1S/C11H22N2O3/c1-3-10(4-2)16-11(14)15-9-13-7-5-12-6-8-13/h10,12H,3-9H2,1-2H3. The van der Waals surface area contributed by atoms with E-state index in [4.69, 9.17) is 9.47 Å². The van der Waals surface area contributed by atoms with Crippen LogP contribution in [-0.2, 0) is 9.47 Å². The molecule has 5 nitrogen and oxygen atoms in total. The molecule has 0 aromatic carbocycles. The van der Waals surface area contributed by atoms with E-state index in [0.717, 1.165) is 39.0 Å². The van der Waals surface area contributed by atoms with Crippen LogP contribution in [-0.4, -0.2) is 50.1 Å². The number of carbonyl (C=O) groups excluding carboxylic acids is 1. The van der Waals surface area contributed by atoms with Gasteiger partial charge in [-0.3, -0.25) is 4.90 Å². The first-order valence-electron chi connectivity index (χ1n) is 6.02. The van der Waals surface area contributed by atoms with E-state index in [1.165, 1.54) is 0 Å². The topological polar surface area (TPSA) is 50.8 Å². The molecule has 0 bridgehead atoms. The van der Waals surface area contributed by atoms with Crippen LogP contribution >= 0.6 is 0 Å². The Morgan fingerprint density at radius 2 is 1.94 bits per heavy atom. The molecule has 0 amide bonds. The van der Waals surface area contributed by atoms with Gasteiger partial charge in [0.15, 0.2) is 0 Å². The highest BCUT2D eigenvalue weighted by molar-refractivity contribution is 5.60. The molecule has 0 atom stereocenters. The van der Waals surface area contributed by atoms with Crippen molar-refractivity contribution in [3.8, 4) is 0 Å². The van der Waals surface area contributed by atoms with Crippen LogP contribution in [0.25, 0.3) is 0 Å². The maximum Gasteiger partial charge on any atom is 0.509 e. The molecule has 0 aromatic heterocycles. The van der Waals surface area contributed by atoms with E-state index in [2.05, 4.69) is 10.2 Å². The van der Waals surface area contributed by atoms with Crippen LogP contribution in [0.15, 0.2) is 0 Å². The molecule has 0 saturated carbocycles. The van der Waals surface area contributed by atoms with Gasteiger partial charge in [-0.2, -0.15) is 0 Å². The van der Waals surface area contributed by atoms with Gasteiger partial charge in [-0.05, 0) is 12.8 Å². The highest BCUT2D eigenvalue weighted by atomic mass is 16.7. The fourth-order valence-electron chi connectivity index (χ4n) is 1.61. The fourth-order valence-corrected chi connectivity index (χ4v) is 1.61. The lowest BCUT2D eigenvalue weighted by molar-refractivity contribution is -0.0120. The summed E-state index contributed by atoms with van der Waals surface area (Å²) < 4.78 is 10.2. The minimum atomic E-state index is -0.549. The van der Waals surface area contributed by atoms with E-state index < -0.39 is 6.16 Å². The van der Waals surface area contributed by atoms with Crippen LogP contribution in [0.3, 0.4) is 0 Å². The van der Waals surface area contributed by atoms with E-state index >= 15 is 0 Å². The van der Waals surface area contributed by atoms with Gasteiger partial charge in [0.2, 0.25) is 0 Å². The lowest BCUT2D eigenvalue weighted by atomic mass is 10.2. The van der Waals surface area contributed by atoms with Crippen LogP contribution in [0.1, 0.15) is 26.7 Å². The summed E-state index contributed by atoms with van der Waals surface area (Å²) in [6.07, 6.45) is 1.10. The van der Waals surface area contributed by atoms with Crippen LogP contribution in [0.4, 0.5) is 4.79 Å². The van der Waals surface area contributed by atoms with Crippen molar-refractivity contribution in [1.82, 2.24) is 10.2 Å². The second kappa shape index (κ2) is 7.46. The number of piperazine rings is 1. The lowest BCUT2D eigenvalue weighted by Crippen LogP contribution is -2.44. The zero-order valence-electron chi connectivity index (χ0n) is 10.2. The summed E-state index contributed by atoms with van der Waals surface area (Å²) in [7, 11) is 0. The summed E-state index contributed by atoms with van der Waals surface area (Å²) in [6.45, 7) is 8.06. The van der Waals surface area contributed by atoms with Gasteiger partial charge in [-0.15, -0.1) is 0 Å². The summed E-state index contributed by atoms with van der Waals surface area (Å²) in [5, 5.41) is 3.24. The number of nitrogens with one attached hydrogen (secondary N) is 1. The summed E-state index contributed by atoms with van der Waals surface area (Å²) >= 11 is 0. The maximum absolute atomic E-state index is 11.3. The molecule has 1 saturated heterocycles. The Kier molecular flexibility index (Phi) is 6.18. The molecular weight excluding hydrogens is 208 g/mol. The van der Waals surface area contributed by atoms with Gasteiger partial charge in [0.1, 0.15) is 12.8 Å². The van der Waals surface area contributed by atoms with Crippen molar-refractivity contribution in [2.75, 3.05) is 32.9 Å². The zero-order chi connectivity index (χ0) is 11.8. The molecule has 1 aliphatic heterocycles. The minimum Gasteiger partial charge on any atom is -0.431 e. The minimum absolute atomic E-state index is 0.0180. The van der Waals surface area contributed by atoms with Gasteiger partial charge in [-0.1, -0.05) is 13.8 Å². The number of nitrogens with zero attached hydrogens (tertiary/aromatic N) is 1. The highest BCUT2D eigenvalue weighted by Crippen LogP contribution is 2.04. The van der Waals surface area contributed by atoms with Crippen molar-refractivity contribution in [3.05, 3.63) is 0 Å². The van der Waals surface area contributed by atoms with E-state index in [9.17, 15) is 4.79 Å². The molecule has 0 radical (unpaired) electrons. The Morgan fingerprint density at radius 1 is 1.31 bits per heavy atom. The Hall–Kier alpha value is -0.810. The molecule has 1 aliphatic rings. The van der Waals surface area contributed by atoms with E-state index in [1.807, 2.05) is 13.8 Å². The molecule has 0 aromatic rings. The molecule has 1 fully saturated rings. The molecule has 94 valence electrons. The highest BCUT2D eigenvalue weighted by Gasteiger charge is 2.14. The monoisotopic (exact) mass is 230 g/mol. The smallest absolute Gasteiger partial charge is 0.431 e. The van der Waals surface area contributed by atoms with E-state index in [-0.39, 0.29) is 6.10 Å². The zero-order valence-corrected chi connectivity index (χ0v) is 10.2. The van der Waals surface area contributed by atoms with Crippen molar-refractivity contribution in [1.29, 1.82) is 0 Å². The van der Waals surface area contributed by atoms with Gasteiger partial charge >= 0.3 is 6.16 Å². The first kappa shape index (κ1) is 13.3. The molecule has 1 N–H and O–H groups in total. The third-order valence-corrected chi connectivity index (χ3v) is 2.75. The second-order valence-corrected chi connectivity index (χ2v) is 3.95. The number of carbonyl (C=O) groups is 1. The average Bonchev–Trinajstić information content (AvgIpc) is 2.34. The Balaban J connectivity index is 2.13. The number of rotatable bonds is 5. The fraction of sp³-hybridized carbons (Fsp3) is 0.909. The van der Waals surface area contributed by atoms with Gasteiger partial charge in [0.25, 0.3) is 0 Å². The second-order valence-electron chi connectivity index (χ2n) is 3.95. The predicted octanol–water partition coefficient (Wildman–Crippen LogP) is 1.19. The first-order valence-corrected chi connectivity index (χ1v) is 6.02. The Labute approximate surface area is 97.1 Å². The largest absolute Gasteiger partial charge is 0.509 e. The Bertz CT molecular complexity index is 201. The number of hydrogen-bond donors (Lipinski definition) is 1. The van der Waals surface area contributed by atoms with Crippen molar-refractivity contribution in [2.24, 2.45) is 0 Å². The normalized spacial score (nSPS) is 17.4. The maximum atomic E-state index is 11.3. The van der Waals surface area contributed by atoms with E-state index in [0.29, 0.717) is 6.73 Å². The molecule has 1 rings (SSSR count). The number of hydrogen-bond acceptors (Lipinski definition) is 5. The molecule has 1 heterocycles. The third kappa shape index (κ3) is 4.81. The molecular formula is C11H22N2O3. The third-order valence-electron chi connectivity index (χ3n) is 2.75. The molecule has 0 unspecified atom stereocenters. The predicted molar refractivity (Wildman–Crippen MR) is 61.2 cm³/mol. The summed E-state index contributed by atoms with van der Waals surface area (Å²) in [4.78, 5) is 13.4. The molecule has 0 spiro atoms. The lowest BCUT2D eigenvalue weighted by Gasteiger charge is -2.26. The number of ether oxygens (including phenoxy) is 2. The van der Waals surface area contributed by atoms with Crippen LogP contribution in [0.2, 0.25) is 0 Å². The average molecular weight is 230 g/mol. The van der Waals surface area contributed by atoms with Crippen LogP contribution in [0.5, 0.6) is 0 Å². The quantitative estimate of drug-likeness (QED) is 0.719. The van der Waals surface area contributed by atoms with Gasteiger partial charge in [0.05, 0.1) is 0 Å². The van der Waals surface area contributed by atoms with Crippen molar-refractivity contribution >= 4 is 6.16 Å². The van der Waals surface area contributed by atoms with Crippen molar-refractivity contribution in [2.45, 2.75) is 32.8 Å². The first-order chi connectivity index (χ1) is 7.76. The summed E-state index contributed by atoms with van der Waals surface area (Å²) in [5.74, 6) is 0. The summed E-state index contributed by atoms with van der Waals surface area (Å²) in [6, 6.07) is 0. The van der Waals surface area contributed by atoms with E-state index in [1.54, 1.807) is 0 Å².